The first-order valence-electron chi connectivity index (χ1n) is 6.36. The standard InChI is InChI=1S/C13H28N.Li.H/c1-4-7-10-13-14(11-8-5-2)12-9-6-3;;/h1,4-13H2,2-3H3;;. The van der Waals surface area contributed by atoms with Crippen LogP contribution in [0.3, 0.4) is 0 Å². The molecular formula is C13H29LiN. The van der Waals surface area contributed by atoms with Crippen molar-refractivity contribution in [3.8, 4) is 0 Å². The normalized spacial score (nSPS) is 10.4. The van der Waals surface area contributed by atoms with E-state index >= 15 is 0 Å². The van der Waals surface area contributed by atoms with E-state index in [1.54, 1.807) is 0 Å². The van der Waals surface area contributed by atoms with Gasteiger partial charge in [-0.1, -0.05) is 46.5 Å². The molecule has 0 N–H and O–H groups in total. The van der Waals surface area contributed by atoms with Crippen molar-refractivity contribution in [2.75, 3.05) is 19.6 Å². The van der Waals surface area contributed by atoms with Crippen molar-refractivity contribution < 1.29 is 0 Å². The summed E-state index contributed by atoms with van der Waals surface area (Å²) in [7, 11) is 0. The fraction of sp³-hybridized carbons (Fsp3) is 0.923. The van der Waals surface area contributed by atoms with E-state index in [9.17, 15) is 0 Å². The zero-order chi connectivity index (χ0) is 10.6. The van der Waals surface area contributed by atoms with E-state index in [1.807, 2.05) is 0 Å². The van der Waals surface area contributed by atoms with Crippen molar-refractivity contribution in [2.24, 2.45) is 0 Å². The fourth-order valence-electron chi connectivity index (χ4n) is 1.61. The van der Waals surface area contributed by atoms with E-state index in [0.717, 1.165) is 6.42 Å². The van der Waals surface area contributed by atoms with Gasteiger partial charge in [0.05, 0.1) is 0 Å². The maximum atomic E-state index is 3.89. The Kier molecular flexibility index (Phi) is 17.4. The molecule has 1 radical (unpaired) electrons. The van der Waals surface area contributed by atoms with Gasteiger partial charge in [0.2, 0.25) is 0 Å². The van der Waals surface area contributed by atoms with Gasteiger partial charge in [0, 0.05) is 0 Å². The summed E-state index contributed by atoms with van der Waals surface area (Å²) in [6, 6.07) is 0. The van der Waals surface area contributed by atoms with Crippen LogP contribution >= 0.6 is 0 Å². The van der Waals surface area contributed by atoms with Crippen LogP contribution in [0.1, 0.15) is 58.8 Å². The molecule has 0 aliphatic carbocycles. The predicted octanol–water partition coefficient (Wildman–Crippen LogP) is 3.24. The Morgan fingerprint density at radius 1 is 0.800 bits per heavy atom. The Morgan fingerprint density at radius 2 is 1.27 bits per heavy atom. The summed E-state index contributed by atoms with van der Waals surface area (Å²) in [5.41, 5.74) is 0. The van der Waals surface area contributed by atoms with Crippen LogP contribution in [0.4, 0.5) is 0 Å². The van der Waals surface area contributed by atoms with Gasteiger partial charge in [0.25, 0.3) is 0 Å². The molecule has 1 nitrogen and oxygen atoms in total. The molecule has 0 aliphatic heterocycles. The number of rotatable bonds is 10. The van der Waals surface area contributed by atoms with Gasteiger partial charge in [-0.25, -0.2) is 0 Å². The van der Waals surface area contributed by atoms with Crippen LogP contribution in [0.2, 0.25) is 0 Å². The Labute approximate surface area is 109 Å². The third-order valence-electron chi connectivity index (χ3n) is 2.63. The molecule has 0 atom stereocenters. The molecule has 0 heterocycles. The Morgan fingerprint density at radius 3 is 1.67 bits per heavy atom. The third-order valence-corrected chi connectivity index (χ3v) is 2.63. The summed E-state index contributed by atoms with van der Waals surface area (Å²) in [6.45, 7) is 12.3. The first kappa shape index (κ1) is 17.9. The topological polar surface area (TPSA) is 3.24 Å². The van der Waals surface area contributed by atoms with Gasteiger partial charge in [-0.3, -0.25) is 0 Å². The second-order valence-electron chi connectivity index (χ2n) is 4.11. The van der Waals surface area contributed by atoms with Crippen LogP contribution in [0.25, 0.3) is 0 Å². The van der Waals surface area contributed by atoms with Gasteiger partial charge in [0.1, 0.15) is 0 Å². The summed E-state index contributed by atoms with van der Waals surface area (Å²) >= 11 is 0. The molecule has 87 valence electrons. The van der Waals surface area contributed by atoms with Crippen LogP contribution in [0.15, 0.2) is 0 Å². The summed E-state index contributed by atoms with van der Waals surface area (Å²) in [5, 5.41) is 0. The van der Waals surface area contributed by atoms with Gasteiger partial charge in [-0.2, -0.15) is 0 Å². The van der Waals surface area contributed by atoms with E-state index in [1.165, 1.54) is 58.2 Å². The van der Waals surface area contributed by atoms with Crippen LogP contribution in [-0.4, -0.2) is 43.4 Å². The van der Waals surface area contributed by atoms with Gasteiger partial charge >= 0.3 is 18.9 Å². The molecule has 0 amide bonds. The number of hydrogen-bond acceptors (Lipinski definition) is 1. The summed E-state index contributed by atoms with van der Waals surface area (Å²) < 4.78 is 0. The van der Waals surface area contributed by atoms with Crippen LogP contribution in [0, 0.1) is 6.92 Å². The predicted molar refractivity (Wildman–Crippen MR) is 72.6 cm³/mol. The molecule has 0 aromatic carbocycles. The van der Waals surface area contributed by atoms with E-state index in [4.69, 9.17) is 0 Å². The van der Waals surface area contributed by atoms with Crippen LogP contribution in [0.5, 0.6) is 0 Å². The molecule has 0 aromatic rings. The first-order valence-corrected chi connectivity index (χ1v) is 6.36. The molecule has 0 rings (SSSR count). The summed E-state index contributed by atoms with van der Waals surface area (Å²) in [6.07, 6.45) is 9.05. The average molecular weight is 206 g/mol. The van der Waals surface area contributed by atoms with Gasteiger partial charge < -0.3 is 4.90 Å². The minimum absolute atomic E-state index is 0. The first-order chi connectivity index (χ1) is 6.85. The molecular weight excluding hydrogens is 177 g/mol. The second kappa shape index (κ2) is 14.6. The molecule has 0 unspecified atom stereocenters. The third kappa shape index (κ3) is 12.5. The van der Waals surface area contributed by atoms with Crippen molar-refractivity contribution in [2.45, 2.75) is 58.8 Å². The fourth-order valence-corrected chi connectivity index (χ4v) is 1.61. The van der Waals surface area contributed by atoms with Gasteiger partial charge in [0.15, 0.2) is 0 Å². The van der Waals surface area contributed by atoms with Gasteiger partial charge in [-0.05, 0) is 38.9 Å². The van der Waals surface area contributed by atoms with E-state index in [-0.39, 0.29) is 18.9 Å². The molecule has 0 fully saturated rings. The molecule has 2 heteroatoms. The van der Waals surface area contributed by atoms with Crippen LogP contribution < -0.4 is 0 Å². The van der Waals surface area contributed by atoms with Crippen molar-refractivity contribution in [1.82, 2.24) is 4.90 Å². The SMILES string of the molecule is [CH2]CCCCN(CCCC)CCCC.[LiH]. The van der Waals surface area contributed by atoms with Crippen molar-refractivity contribution in [3.63, 3.8) is 0 Å². The molecule has 15 heavy (non-hydrogen) atoms. The van der Waals surface area contributed by atoms with E-state index in [0.29, 0.717) is 0 Å². The Bertz CT molecular complexity index is 98.7. The molecule has 0 saturated heterocycles. The molecule has 0 spiro atoms. The monoisotopic (exact) mass is 206 g/mol. The van der Waals surface area contributed by atoms with Crippen molar-refractivity contribution >= 4 is 18.9 Å². The average Bonchev–Trinajstić information content (AvgIpc) is 2.21. The van der Waals surface area contributed by atoms with Crippen molar-refractivity contribution in [1.29, 1.82) is 0 Å². The van der Waals surface area contributed by atoms with E-state index < -0.39 is 0 Å². The summed E-state index contributed by atoms with van der Waals surface area (Å²) in [5.74, 6) is 0. The number of unbranched alkanes of at least 4 members (excludes halogenated alkanes) is 4. The molecule has 0 aromatic heterocycles. The maximum absolute atomic E-state index is 3.89. The quantitative estimate of drug-likeness (QED) is 0.392. The Hall–Kier alpha value is 0.557. The molecule has 0 aliphatic rings. The number of nitrogens with zero attached hydrogens (tertiary/aromatic N) is 1. The molecule has 0 saturated carbocycles. The summed E-state index contributed by atoms with van der Waals surface area (Å²) in [4.78, 5) is 2.63. The van der Waals surface area contributed by atoms with Gasteiger partial charge in [-0.15, -0.1) is 0 Å². The Balaban J connectivity index is 0. The van der Waals surface area contributed by atoms with Crippen LogP contribution in [-0.2, 0) is 0 Å². The zero-order valence-electron chi connectivity index (χ0n) is 10.2. The van der Waals surface area contributed by atoms with E-state index in [2.05, 4.69) is 25.7 Å². The minimum atomic E-state index is 0. The molecule has 0 bridgehead atoms. The number of hydrogen-bond donors (Lipinski definition) is 0. The second-order valence-corrected chi connectivity index (χ2v) is 4.11. The zero-order valence-corrected chi connectivity index (χ0v) is 10.2. The van der Waals surface area contributed by atoms with Crippen molar-refractivity contribution in [3.05, 3.63) is 6.92 Å².